The molecule has 100 valence electrons. The first kappa shape index (κ1) is 13.3. The van der Waals surface area contributed by atoms with Crippen molar-refractivity contribution in [3.63, 3.8) is 0 Å². The lowest BCUT2D eigenvalue weighted by molar-refractivity contribution is 0.590. The van der Waals surface area contributed by atoms with Gasteiger partial charge in [-0.2, -0.15) is 0 Å². The van der Waals surface area contributed by atoms with Crippen LogP contribution in [0.4, 0.5) is 5.69 Å². The molecule has 1 aliphatic heterocycles. The molecule has 19 heavy (non-hydrogen) atoms. The van der Waals surface area contributed by atoms with Crippen LogP contribution in [-0.2, 0) is 0 Å². The monoisotopic (exact) mass is 315 g/mol. The van der Waals surface area contributed by atoms with Crippen LogP contribution in [0.25, 0.3) is 10.9 Å². The third-order valence-corrected chi connectivity index (χ3v) is 4.27. The van der Waals surface area contributed by atoms with E-state index < -0.39 is 0 Å². The maximum Gasteiger partial charge on any atom is 0.131 e. The quantitative estimate of drug-likeness (QED) is 0.815. The van der Waals surface area contributed by atoms with Crippen molar-refractivity contribution in [3.8, 4) is 0 Å². The fourth-order valence-electron chi connectivity index (χ4n) is 2.35. The number of anilines is 1. The average Bonchev–Trinajstić information content (AvgIpc) is 2.44. The number of fused-ring (bicyclic) bond motifs is 1. The van der Waals surface area contributed by atoms with Gasteiger partial charge < -0.3 is 10.2 Å². The number of hydrogen-bond donors (Lipinski definition) is 1. The molecular formula is C13H12Cl3N3. The predicted molar refractivity (Wildman–Crippen MR) is 81.9 cm³/mol. The van der Waals surface area contributed by atoms with Crippen LogP contribution < -0.4 is 10.2 Å². The van der Waals surface area contributed by atoms with Gasteiger partial charge >= 0.3 is 0 Å². The van der Waals surface area contributed by atoms with Crippen LogP contribution in [0.5, 0.6) is 0 Å². The van der Waals surface area contributed by atoms with E-state index in [1.54, 1.807) is 6.07 Å². The van der Waals surface area contributed by atoms with Crippen molar-refractivity contribution < 1.29 is 0 Å². The van der Waals surface area contributed by atoms with Gasteiger partial charge in [-0.15, -0.1) is 0 Å². The molecule has 1 saturated heterocycles. The van der Waals surface area contributed by atoms with E-state index in [2.05, 4.69) is 15.2 Å². The smallest absolute Gasteiger partial charge is 0.131 e. The Balaban J connectivity index is 2.20. The summed E-state index contributed by atoms with van der Waals surface area (Å²) in [6, 6.07) is 5.64. The standard InChI is InChI=1S/C13H12Cl3N3/c14-9-2-1-8-10(19-5-3-17-4-6-19)7-11(15)18-13(8)12(9)16/h1-2,7,17H,3-6H2. The molecule has 2 heterocycles. The van der Waals surface area contributed by atoms with E-state index in [9.17, 15) is 0 Å². The Morgan fingerprint density at radius 2 is 1.84 bits per heavy atom. The van der Waals surface area contributed by atoms with Crippen LogP contribution in [0.2, 0.25) is 15.2 Å². The highest BCUT2D eigenvalue weighted by Gasteiger charge is 2.17. The number of halogens is 3. The molecule has 0 radical (unpaired) electrons. The minimum Gasteiger partial charge on any atom is -0.368 e. The largest absolute Gasteiger partial charge is 0.368 e. The first-order chi connectivity index (χ1) is 9.16. The topological polar surface area (TPSA) is 28.2 Å². The average molecular weight is 317 g/mol. The number of rotatable bonds is 1. The Kier molecular flexibility index (Phi) is 3.72. The van der Waals surface area contributed by atoms with E-state index in [1.165, 1.54) is 0 Å². The Morgan fingerprint density at radius 3 is 2.58 bits per heavy atom. The number of nitrogens with one attached hydrogen (secondary N) is 1. The molecule has 1 aromatic heterocycles. The summed E-state index contributed by atoms with van der Waals surface area (Å²) in [6.45, 7) is 3.80. The van der Waals surface area contributed by atoms with Gasteiger partial charge in [0.05, 0.1) is 15.6 Å². The van der Waals surface area contributed by atoms with E-state index in [1.807, 2.05) is 12.1 Å². The van der Waals surface area contributed by atoms with E-state index in [0.717, 1.165) is 37.3 Å². The second kappa shape index (κ2) is 5.33. The van der Waals surface area contributed by atoms with Gasteiger partial charge in [-0.1, -0.05) is 34.8 Å². The van der Waals surface area contributed by atoms with Crippen LogP contribution in [0.15, 0.2) is 18.2 Å². The van der Waals surface area contributed by atoms with Gasteiger partial charge in [-0.05, 0) is 18.2 Å². The maximum absolute atomic E-state index is 6.22. The molecule has 0 amide bonds. The lowest BCUT2D eigenvalue weighted by Gasteiger charge is -2.30. The summed E-state index contributed by atoms with van der Waals surface area (Å²) in [7, 11) is 0. The van der Waals surface area contributed by atoms with Crippen molar-refractivity contribution in [1.82, 2.24) is 10.3 Å². The third kappa shape index (κ3) is 2.48. The van der Waals surface area contributed by atoms with E-state index in [4.69, 9.17) is 34.8 Å². The molecule has 1 N–H and O–H groups in total. The Hall–Kier alpha value is -0.740. The molecule has 0 saturated carbocycles. The van der Waals surface area contributed by atoms with Gasteiger partial charge in [-0.3, -0.25) is 0 Å². The van der Waals surface area contributed by atoms with Crippen LogP contribution in [0.1, 0.15) is 0 Å². The van der Waals surface area contributed by atoms with E-state index in [0.29, 0.717) is 20.7 Å². The maximum atomic E-state index is 6.22. The Labute approximate surface area is 126 Å². The molecule has 1 aliphatic rings. The summed E-state index contributed by atoms with van der Waals surface area (Å²) in [5.41, 5.74) is 1.73. The Morgan fingerprint density at radius 1 is 1.11 bits per heavy atom. The van der Waals surface area contributed by atoms with Gasteiger partial charge in [0.15, 0.2) is 0 Å². The minimum atomic E-state index is 0.435. The number of benzene rings is 1. The zero-order valence-corrected chi connectivity index (χ0v) is 12.4. The van der Waals surface area contributed by atoms with Crippen molar-refractivity contribution in [2.24, 2.45) is 0 Å². The fraction of sp³-hybridized carbons (Fsp3) is 0.308. The van der Waals surface area contributed by atoms with Gasteiger partial charge in [0.1, 0.15) is 5.15 Å². The van der Waals surface area contributed by atoms with Crippen LogP contribution in [0, 0.1) is 0 Å². The van der Waals surface area contributed by atoms with Crippen molar-refractivity contribution in [3.05, 3.63) is 33.4 Å². The summed E-state index contributed by atoms with van der Waals surface area (Å²) in [6.07, 6.45) is 0. The second-order valence-electron chi connectivity index (χ2n) is 4.46. The van der Waals surface area contributed by atoms with E-state index >= 15 is 0 Å². The Bertz CT molecular complexity index is 624. The first-order valence-electron chi connectivity index (χ1n) is 6.07. The fourth-order valence-corrected chi connectivity index (χ4v) is 2.90. The number of nitrogens with zero attached hydrogens (tertiary/aromatic N) is 2. The number of hydrogen-bond acceptors (Lipinski definition) is 3. The molecule has 0 bridgehead atoms. The zero-order valence-electron chi connectivity index (χ0n) is 10.1. The molecule has 0 atom stereocenters. The highest BCUT2D eigenvalue weighted by atomic mass is 35.5. The predicted octanol–water partition coefficient (Wildman–Crippen LogP) is 3.60. The summed E-state index contributed by atoms with van der Waals surface area (Å²) in [4.78, 5) is 6.59. The SMILES string of the molecule is Clc1cc(N2CCNCC2)c2ccc(Cl)c(Cl)c2n1. The molecular weight excluding hydrogens is 305 g/mol. The number of pyridine rings is 1. The van der Waals surface area contributed by atoms with Crippen molar-refractivity contribution >= 4 is 51.4 Å². The van der Waals surface area contributed by atoms with Crippen molar-refractivity contribution in [2.45, 2.75) is 0 Å². The van der Waals surface area contributed by atoms with Crippen LogP contribution in [0.3, 0.4) is 0 Å². The molecule has 0 spiro atoms. The molecule has 2 aromatic rings. The lowest BCUT2D eigenvalue weighted by Crippen LogP contribution is -2.43. The van der Waals surface area contributed by atoms with E-state index in [-0.39, 0.29) is 0 Å². The van der Waals surface area contributed by atoms with Gasteiger partial charge in [0.2, 0.25) is 0 Å². The van der Waals surface area contributed by atoms with Gasteiger partial charge in [0, 0.05) is 37.3 Å². The molecule has 1 fully saturated rings. The van der Waals surface area contributed by atoms with Gasteiger partial charge in [-0.25, -0.2) is 4.98 Å². The molecule has 0 aliphatic carbocycles. The normalized spacial score (nSPS) is 16.1. The van der Waals surface area contributed by atoms with Crippen LogP contribution in [-0.4, -0.2) is 31.2 Å². The number of aromatic nitrogens is 1. The summed E-state index contributed by atoms with van der Waals surface area (Å²) in [5, 5.41) is 5.70. The molecule has 0 unspecified atom stereocenters. The molecule has 1 aromatic carbocycles. The van der Waals surface area contributed by atoms with Crippen LogP contribution >= 0.6 is 34.8 Å². The first-order valence-corrected chi connectivity index (χ1v) is 7.20. The molecule has 3 nitrogen and oxygen atoms in total. The van der Waals surface area contributed by atoms with Crippen molar-refractivity contribution in [1.29, 1.82) is 0 Å². The summed E-state index contributed by atoms with van der Waals surface area (Å²) < 4.78 is 0. The molecule has 3 rings (SSSR count). The summed E-state index contributed by atoms with van der Waals surface area (Å²) >= 11 is 18.4. The summed E-state index contributed by atoms with van der Waals surface area (Å²) in [5.74, 6) is 0. The second-order valence-corrected chi connectivity index (χ2v) is 5.63. The number of piperazine rings is 1. The lowest BCUT2D eigenvalue weighted by atomic mass is 10.1. The zero-order chi connectivity index (χ0) is 13.4. The van der Waals surface area contributed by atoms with Gasteiger partial charge in [0.25, 0.3) is 0 Å². The highest BCUT2D eigenvalue weighted by Crippen LogP contribution is 2.36. The third-order valence-electron chi connectivity index (χ3n) is 3.28. The minimum absolute atomic E-state index is 0.435. The highest BCUT2D eigenvalue weighted by molar-refractivity contribution is 6.45. The van der Waals surface area contributed by atoms with Crippen molar-refractivity contribution in [2.75, 3.05) is 31.1 Å². The molecule has 6 heteroatoms.